The summed E-state index contributed by atoms with van der Waals surface area (Å²) >= 11 is 0. The van der Waals surface area contributed by atoms with Gasteiger partial charge in [-0.05, 0) is 6.42 Å². The highest BCUT2D eigenvalue weighted by Gasteiger charge is 2.31. The maximum atomic E-state index is 10.7. The van der Waals surface area contributed by atoms with Crippen molar-refractivity contribution in [2.24, 2.45) is 5.92 Å². The maximum Gasteiger partial charge on any atom is 0.317 e. The smallest absolute Gasteiger partial charge is 0.317 e. The van der Waals surface area contributed by atoms with E-state index in [2.05, 4.69) is 11.3 Å². The number of hydrogen-bond acceptors (Lipinski definition) is 3. The zero-order valence-corrected chi connectivity index (χ0v) is 5.50. The molecule has 62 valence electrons. The Kier molecular flexibility index (Phi) is 3.51. The van der Waals surface area contributed by atoms with E-state index in [4.69, 9.17) is 0 Å². The van der Waals surface area contributed by atoms with Gasteiger partial charge in [0.2, 0.25) is 0 Å². The van der Waals surface area contributed by atoms with Gasteiger partial charge in [-0.2, -0.15) is 0 Å². The lowest BCUT2D eigenvalue weighted by molar-refractivity contribution is -0.153. The summed E-state index contributed by atoms with van der Waals surface area (Å²) in [5, 5.41) is 0. The van der Waals surface area contributed by atoms with Crippen LogP contribution in [0.5, 0.6) is 0 Å². The van der Waals surface area contributed by atoms with Gasteiger partial charge in [0.25, 0.3) is 0 Å². The van der Waals surface area contributed by atoms with E-state index in [1.54, 1.807) is 6.08 Å². The third-order valence-corrected chi connectivity index (χ3v) is 1.41. The van der Waals surface area contributed by atoms with E-state index in [9.17, 15) is 9.59 Å². The van der Waals surface area contributed by atoms with Gasteiger partial charge in [-0.3, -0.25) is 9.59 Å². The number of carbonyl (C=O) groups excluding carboxylic acids is 2. The summed E-state index contributed by atoms with van der Waals surface area (Å²) in [6, 6.07) is 0. The molecule has 0 saturated carbocycles. The van der Waals surface area contributed by atoms with E-state index in [1.165, 1.54) is 0 Å². The van der Waals surface area contributed by atoms with Gasteiger partial charge in [-0.1, -0.05) is 13.5 Å². The normalized spacial score (nSPS) is 22.4. The Balaban J connectivity index is 0.000001000. The van der Waals surface area contributed by atoms with E-state index >= 15 is 0 Å². The predicted molar refractivity (Wildman–Crippen MR) is 40.8 cm³/mol. The van der Waals surface area contributed by atoms with Crippen molar-refractivity contribution in [2.75, 3.05) is 0 Å². The van der Waals surface area contributed by atoms with Gasteiger partial charge in [-0.15, -0.1) is 6.58 Å². The molecule has 0 N–H and O–H groups in total. The Morgan fingerprint density at radius 1 is 1.64 bits per heavy atom. The summed E-state index contributed by atoms with van der Waals surface area (Å²) in [7, 11) is 0. The van der Waals surface area contributed by atoms with Crippen LogP contribution in [0.15, 0.2) is 12.7 Å². The van der Waals surface area contributed by atoms with E-state index in [1.807, 2.05) is 0 Å². The zero-order valence-electron chi connectivity index (χ0n) is 5.50. The van der Waals surface area contributed by atoms with E-state index in [-0.39, 0.29) is 19.8 Å². The molecule has 3 nitrogen and oxygen atoms in total. The van der Waals surface area contributed by atoms with Gasteiger partial charge in [-0.25, -0.2) is 0 Å². The van der Waals surface area contributed by atoms with Gasteiger partial charge in [0.1, 0.15) is 0 Å². The van der Waals surface area contributed by atoms with Crippen LogP contribution in [0, 0.1) is 5.92 Å². The largest absolute Gasteiger partial charge is 0.393 e. The first kappa shape index (κ1) is 9.88. The maximum absolute atomic E-state index is 10.7. The molecule has 0 aromatic rings. The fraction of sp³-hybridized carbons (Fsp3) is 0.500. The average molecular weight is 156 g/mol. The van der Waals surface area contributed by atoms with Crippen LogP contribution in [-0.2, 0) is 14.3 Å². The highest BCUT2D eigenvalue weighted by atomic mass is 16.6. The van der Waals surface area contributed by atoms with Crippen LogP contribution < -0.4 is 0 Å². The van der Waals surface area contributed by atoms with Crippen molar-refractivity contribution in [3.05, 3.63) is 12.7 Å². The summed E-state index contributed by atoms with van der Waals surface area (Å²) < 4.78 is 4.30. The molecule has 1 aliphatic heterocycles. The number of ether oxygens (including phenoxy) is 1. The first-order valence-electron chi connectivity index (χ1n) is 3.09. The van der Waals surface area contributed by atoms with Crippen molar-refractivity contribution in [2.45, 2.75) is 20.3 Å². The molecule has 0 spiro atoms. The van der Waals surface area contributed by atoms with Crippen LogP contribution in [0.25, 0.3) is 0 Å². The lowest BCUT2D eigenvalue weighted by atomic mass is 10.0. The van der Waals surface area contributed by atoms with Gasteiger partial charge < -0.3 is 4.74 Å². The number of hydrogen-bond donors (Lipinski definition) is 0. The van der Waals surface area contributed by atoms with Gasteiger partial charge in [0.15, 0.2) is 0 Å². The molecule has 0 amide bonds. The molecule has 1 fully saturated rings. The monoisotopic (exact) mass is 156 g/mol. The molecule has 0 radical (unpaired) electrons. The number of esters is 2. The zero-order chi connectivity index (χ0) is 7.56. The fourth-order valence-electron chi connectivity index (χ4n) is 0.902. The molecule has 1 unspecified atom stereocenters. The van der Waals surface area contributed by atoms with Crippen molar-refractivity contribution in [1.82, 2.24) is 0 Å². The van der Waals surface area contributed by atoms with E-state index < -0.39 is 11.9 Å². The summed E-state index contributed by atoms with van der Waals surface area (Å²) in [6.07, 6.45) is 2.36. The Labute approximate surface area is 66.0 Å². The molecule has 0 aliphatic carbocycles. The topological polar surface area (TPSA) is 43.4 Å². The SMILES string of the molecule is C.C=CCC1CC(=O)OC1=O. The third-order valence-electron chi connectivity index (χ3n) is 1.41. The molecule has 1 rings (SSSR count). The van der Waals surface area contributed by atoms with Crippen LogP contribution >= 0.6 is 0 Å². The lowest BCUT2D eigenvalue weighted by Crippen LogP contribution is -2.05. The van der Waals surface area contributed by atoms with Crippen LogP contribution in [-0.4, -0.2) is 11.9 Å². The van der Waals surface area contributed by atoms with Gasteiger partial charge >= 0.3 is 11.9 Å². The number of cyclic esters (lactones) is 2. The first-order chi connectivity index (χ1) is 4.74. The Morgan fingerprint density at radius 3 is 2.64 bits per heavy atom. The minimum absolute atomic E-state index is 0. The number of carbonyl (C=O) groups is 2. The van der Waals surface area contributed by atoms with Crippen molar-refractivity contribution < 1.29 is 14.3 Å². The van der Waals surface area contributed by atoms with Crippen LogP contribution in [0.4, 0.5) is 0 Å². The Morgan fingerprint density at radius 2 is 2.27 bits per heavy atom. The van der Waals surface area contributed by atoms with E-state index in [0.717, 1.165) is 0 Å². The first-order valence-corrected chi connectivity index (χ1v) is 3.09. The van der Waals surface area contributed by atoms with Gasteiger partial charge in [0.05, 0.1) is 12.3 Å². The molecule has 1 saturated heterocycles. The van der Waals surface area contributed by atoms with Crippen molar-refractivity contribution in [1.29, 1.82) is 0 Å². The molecule has 1 aliphatic rings. The fourth-order valence-corrected chi connectivity index (χ4v) is 0.902. The summed E-state index contributed by atoms with van der Waals surface area (Å²) in [4.78, 5) is 21.1. The highest BCUT2D eigenvalue weighted by Crippen LogP contribution is 2.18. The molecular formula is C8H12O3. The number of rotatable bonds is 2. The summed E-state index contributed by atoms with van der Waals surface area (Å²) in [6.45, 7) is 3.46. The molecule has 11 heavy (non-hydrogen) atoms. The summed E-state index contributed by atoms with van der Waals surface area (Å²) in [5.41, 5.74) is 0. The van der Waals surface area contributed by atoms with Crippen LogP contribution in [0.3, 0.4) is 0 Å². The standard InChI is InChI=1S/C7H8O3.CH4/c1-2-3-5-4-6(8)10-7(5)9;/h2,5H,1,3-4H2;1H4. The minimum atomic E-state index is -0.420. The van der Waals surface area contributed by atoms with Crippen molar-refractivity contribution >= 4 is 11.9 Å². The molecular weight excluding hydrogens is 144 g/mol. The molecule has 0 aromatic carbocycles. The highest BCUT2D eigenvalue weighted by molar-refractivity contribution is 5.94. The second-order valence-electron chi connectivity index (χ2n) is 2.22. The molecule has 1 atom stereocenters. The minimum Gasteiger partial charge on any atom is -0.393 e. The molecule has 1 heterocycles. The van der Waals surface area contributed by atoms with E-state index in [0.29, 0.717) is 6.42 Å². The second-order valence-corrected chi connectivity index (χ2v) is 2.22. The molecule has 3 heteroatoms. The van der Waals surface area contributed by atoms with Crippen LogP contribution in [0.2, 0.25) is 0 Å². The van der Waals surface area contributed by atoms with Crippen molar-refractivity contribution in [3.8, 4) is 0 Å². The number of allylic oxidation sites excluding steroid dienone is 1. The molecule has 0 bridgehead atoms. The predicted octanol–water partition coefficient (Wildman–Crippen LogP) is 1.29. The van der Waals surface area contributed by atoms with Gasteiger partial charge in [0, 0.05) is 0 Å². The third kappa shape index (κ3) is 2.18. The molecule has 0 aromatic heterocycles. The lowest BCUT2D eigenvalue weighted by Gasteiger charge is -1.95. The Bertz CT molecular complexity index is 184. The summed E-state index contributed by atoms with van der Waals surface area (Å²) in [5.74, 6) is -1.10. The second kappa shape index (κ2) is 3.91. The quantitative estimate of drug-likeness (QED) is 0.343. The average Bonchev–Trinajstić information content (AvgIpc) is 2.13. The Hall–Kier alpha value is -1.12. The van der Waals surface area contributed by atoms with Crippen LogP contribution in [0.1, 0.15) is 20.3 Å². The van der Waals surface area contributed by atoms with Crippen molar-refractivity contribution in [3.63, 3.8) is 0 Å².